The van der Waals surface area contributed by atoms with E-state index in [-0.39, 0.29) is 23.8 Å². The zero-order valence-electron chi connectivity index (χ0n) is 18.5. The Bertz CT molecular complexity index is 1510. The summed E-state index contributed by atoms with van der Waals surface area (Å²) < 4.78 is 15.6. The van der Waals surface area contributed by atoms with Gasteiger partial charge in [0.1, 0.15) is 11.7 Å². The number of H-pyrrole nitrogens is 1. The number of urea groups is 1. The number of fused-ring (bicyclic) bond motifs is 2. The van der Waals surface area contributed by atoms with E-state index < -0.39 is 0 Å². The van der Waals surface area contributed by atoms with Gasteiger partial charge in [0.05, 0.1) is 16.8 Å². The number of halogens is 1. The van der Waals surface area contributed by atoms with Gasteiger partial charge in [-0.2, -0.15) is 5.10 Å². The lowest BCUT2D eigenvalue weighted by Crippen LogP contribution is -2.39. The van der Waals surface area contributed by atoms with E-state index in [1.807, 2.05) is 37.3 Å². The van der Waals surface area contributed by atoms with Crippen molar-refractivity contribution in [2.45, 2.75) is 19.8 Å². The molecule has 1 aromatic heterocycles. The average Bonchev–Trinajstić information content (AvgIpc) is 3.23. The molecule has 0 radical (unpaired) electrons. The standard InChI is InChI=1S/C26H22FN5O2/c1-2-28-26(34)30-23-14-16-11-10-15(12-21(16)29-23)18-9-5-6-17(24(18)27)13-22-19-7-3-4-8-20(19)25(33)32-31-22/h3-12H,2,13-14H2,1H3,(H,32,33)(H2,28,29,30,34). The highest BCUT2D eigenvalue weighted by molar-refractivity contribution is 6.02. The van der Waals surface area contributed by atoms with Crippen LogP contribution in [0.25, 0.3) is 21.9 Å². The molecule has 2 heterocycles. The van der Waals surface area contributed by atoms with Crippen LogP contribution in [0.1, 0.15) is 23.7 Å². The molecule has 8 heteroatoms. The quantitative estimate of drug-likeness (QED) is 0.430. The first-order valence-electron chi connectivity index (χ1n) is 11.0. The second kappa shape index (κ2) is 8.90. The number of amidine groups is 1. The van der Waals surface area contributed by atoms with Gasteiger partial charge in [-0.1, -0.05) is 48.5 Å². The second-order valence-electron chi connectivity index (χ2n) is 8.06. The fraction of sp³-hybridized carbons (Fsp3) is 0.154. The molecular weight excluding hydrogens is 433 g/mol. The summed E-state index contributed by atoms with van der Waals surface area (Å²) in [5, 5.41) is 13.3. The van der Waals surface area contributed by atoms with Crippen molar-refractivity contribution in [2.75, 3.05) is 6.54 Å². The molecule has 1 aliphatic rings. The summed E-state index contributed by atoms with van der Waals surface area (Å²) in [6.07, 6.45) is 0.751. The van der Waals surface area contributed by atoms with Gasteiger partial charge in [-0.15, -0.1) is 0 Å². The van der Waals surface area contributed by atoms with Gasteiger partial charge >= 0.3 is 6.03 Å². The normalized spacial score (nSPS) is 12.4. The molecule has 0 saturated heterocycles. The number of aromatic nitrogens is 2. The molecular formula is C26H22FN5O2. The maximum atomic E-state index is 15.6. The van der Waals surface area contributed by atoms with Crippen LogP contribution in [-0.4, -0.2) is 28.6 Å². The minimum atomic E-state index is -0.345. The molecule has 0 saturated carbocycles. The van der Waals surface area contributed by atoms with Crippen LogP contribution in [0, 0.1) is 5.82 Å². The number of rotatable bonds is 4. The van der Waals surface area contributed by atoms with Crippen molar-refractivity contribution in [1.82, 2.24) is 20.8 Å². The Morgan fingerprint density at radius 1 is 1.09 bits per heavy atom. The van der Waals surface area contributed by atoms with Crippen molar-refractivity contribution < 1.29 is 9.18 Å². The molecule has 3 N–H and O–H groups in total. The van der Waals surface area contributed by atoms with E-state index >= 15 is 4.39 Å². The lowest BCUT2D eigenvalue weighted by Gasteiger charge is -2.10. The summed E-state index contributed by atoms with van der Waals surface area (Å²) in [7, 11) is 0. The Morgan fingerprint density at radius 3 is 2.74 bits per heavy atom. The number of carbonyl (C=O) groups excluding carboxylic acids is 1. The van der Waals surface area contributed by atoms with Crippen molar-refractivity contribution in [2.24, 2.45) is 4.99 Å². The minimum Gasteiger partial charge on any atom is -0.338 e. The number of aliphatic imine (C=N–C) groups is 1. The van der Waals surface area contributed by atoms with Gasteiger partial charge in [-0.05, 0) is 35.7 Å². The Morgan fingerprint density at radius 2 is 1.91 bits per heavy atom. The largest absolute Gasteiger partial charge is 0.338 e. The predicted octanol–water partition coefficient (Wildman–Crippen LogP) is 4.23. The summed E-state index contributed by atoms with van der Waals surface area (Å²) in [5.41, 5.74) is 3.64. The first kappa shape index (κ1) is 21.5. The average molecular weight is 455 g/mol. The van der Waals surface area contributed by atoms with E-state index in [0.29, 0.717) is 57.6 Å². The molecule has 0 fully saturated rings. The monoisotopic (exact) mass is 455 g/mol. The summed E-state index contributed by atoms with van der Waals surface area (Å²) in [5.74, 6) is 0.213. The van der Waals surface area contributed by atoms with Crippen LogP contribution >= 0.6 is 0 Å². The van der Waals surface area contributed by atoms with Crippen molar-refractivity contribution in [1.29, 1.82) is 0 Å². The van der Waals surface area contributed by atoms with Gasteiger partial charge in [0, 0.05) is 30.3 Å². The van der Waals surface area contributed by atoms with Crippen molar-refractivity contribution in [3.05, 3.63) is 93.7 Å². The lowest BCUT2D eigenvalue weighted by molar-refractivity contribution is 0.245. The summed E-state index contributed by atoms with van der Waals surface area (Å²) in [6.45, 7) is 2.37. The molecule has 7 nitrogen and oxygen atoms in total. The molecule has 2 amide bonds. The van der Waals surface area contributed by atoms with Gasteiger partial charge < -0.3 is 5.32 Å². The van der Waals surface area contributed by atoms with E-state index in [0.717, 1.165) is 5.56 Å². The Kier molecular flexibility index (Phi) is 5.63. The molecule has 0 unspecified atom stereocenters. The minimum absolute atomic E-state index is 0.237. The van der Waals surface area contributed by atoms with Crippen molar-refractivity contribution in [3.63, 3.8) is 0 Å². The van der Waals surface area contributed by atoms with Crippen LogP contribution in [-0.2, 0) is 12.8 Å². The molecule has 34 heavy (non-hydrogen) atoms. The van der Waals surface area contributed by atoms with Gasteiger partial charge in [-0.25, -0.2) is 19.3 Å². The van der Waals surface area contributed by atoms with E-state index in [2.05, 4.69) is 25.8 Å². The number of nitrogens with one attached hydrogen (secondary N) is 3. The van der Waals surface area contributed by atoms with E-state index in [9.17, 15) is 9.59 Å². The number of aromatic amines is 1. The summed E-state index contributed by atoms with van der Waals surface area (Å²) >= 11 is 0. The highest BCUT2D eigenvalue weighted by Gasteiger charge is 2.19. The highest BCUT2D eigenvalue weighted by atomic mass is 19.1. The lowest BCUT2D eigenvalue weighted by atomic mass is 9.97. The maximum Gasteiger partial charge on any atom is 0.320 e. The number of carbonyl (C=O) groups is 1. The molecule has 0 bridgehead atoms. The van der Waals surface area contributed by atoms with Crippen LogP contribution in [0.4, 0.5) is 14.9 Å². The predicted molar refractivity (Wildman–Crippen MR) is 130 cm³/mol. The third kappa shape index (κ3) is 4.05. The van der Waals surface area contributed by atoms with Crippen LogP contribution in [0.5, 0.6) is 0 Å². The van der Waals surface area contributed by atoms with E-state index in [1.165, 1.54) is 0 Å². The first-order chi connectivity index (χ1) is 16.5. The number of hydrogen-bond acceptors (Lipinski definition) is 4. The third-order valence-electron chi connectivity index (χ3n) is 5.82. The molecule has 3 aromatic carbocycles. The van der Waals surface area contributed by atoms with Gasteiger partial charge in [0.2, 0.25) is 0 Å². The smallest absolute Gasteiger partial charge is 0.320 e. The van der Waals surface area contributed by atoms with Crippen LogP contribution in [0.3, 0.4) is 0 Å². The maximum absolute atomic E-state index is 15.6. The number of amides is 2. The SMILES string of the molecule is CCNC(=O)NC1=Nc2cc(-c3cccc(Cc4n[nH]c(=O)c5ccccc45)c3F)ccc2C1. The summed E-state index contributed by atoms with van der Waals surface area (Å²) in [4.78, 5) is 28.4. The molecule has 1 aliphatic heterocycles. The topological polar surface area (TPSA) is 99.2 Å². The van der Waals surface area contributed by atoms with Crippen LogP contribution in [0.2, 0.25) is 0 Å². The van der Waals surface area contributed by atoms with Crippen molar-refractivity contribution >= 4 is 28.3 Å². The first-order valence-corrected chi connectivity index (χ1v) is 11.0. The Labute approximate surface area is 194 Å². The highest BCUT2D eigenvalue weighted by Crippen LogP contribution is 2.34. The molecule has 0 spiro atoms. The zero-order valence-corrected chi connectivity index (χ0v) is 18.5. The van der Waals surface area contributed by atoms with Crippen LogP contribution < -0.4 is 16.2 Å². The van der Waals surface area contributed by atoms with E-state index in [4.69, 9.17) is 0 Å². The number of nitrogens with zero attached hydrogens (tertiary/aromatic N) is 2. The fourth-order valence-electron chi connectivity index (χ4n) is 4.18. The third-order valence-corrected chi connectivity index (χ3v) is 5.82. The van der Waals surface area contributed by atoms with Gasteiger partial charge in [0.25, 0.3) is 5.56 Å². The second-order valence-corrected chi connectivity index (χ2v) is 8.06. The van der Waals surface area contributed by atoms with Gasteiger partial charge in [-0.3, -0.25) is 10.1 Å². The summed E-state index contributed by atoms with van der Waals surface area (Å²) in [6, 6.07) is 17.7. The molecule has 4 aromatic rings. The van der Waals surface area contributed by atoms with E-state index in [1.54, 1.807) is 30.3 Å². The zero-order chi connectivity index (χ0) is 23.7. The Hall–Kier alpha value is -4.33. The fourth-order valence-corrected chi connectivity index (χ4v) is 4.18. The molecule has 0 aliphatic carbocycles. The molecule has 5 rings (SSSR count). The molecule has 170 valence electrons. The Balaban J connectivity index is 1.46. The van der Waals surface area contributed by atoms with Crippen LogP contribution in [0.15, 0.2) is 70.5 Å². The molecule has 0 atom stereocenters. The van der Waals surface area contributed by atoms with Gasteiger partial charge in [0.15, 0.2) is 0 Å². The number of benzene rings is 3. The van der Waals surface area contributed by atoms with Crippen molar-refractivity contribution in [3.8, 4) is 11.1 Å². The number of hydrogen-bond donors (Lipinski definition) is 3.